The van der Waals surface area contributed by atoms with E-state index in [-0.39, 0.29) is 6.10 Å². The monoisotopic (exact) mass is 499 g/mol. The van der Waals surface area contributed by atoms with E-state index in [1.54, 1.807) is 4.68 Å². The van der Waals surface area contributed by atoms with Crippen LogP contribution in [0.15, 0.2) is 30.9 Å². The minimum absolute atomic E-state index is 0.109. The van der Waals surface area contributed by atoms with Gasteiger partial charge in [-0.2, -0.15) is 5.10 Å². The van der Waals surface area contributed by atoms with Gasteiger partial charge in [0.25, 0.3) is 0 Å². The van der Waals surface area contributed by atoms with Crippen LogP contribution in [0.4, 0.5) is 0 Å². The topological polar surface area (TPSA) is 57.3 Å². The van der Waals surface area contributed by atoms with Crippen molar-refractivity contribution < 1.29 is 9.47 Å². The molecule has 4 rings (SSSR count). The number of ether oxygens (including phenoxy) is 2. The van der Waals surface area contributed by atoms with E-state index in [2.05, 4.69) is 85.3 Å². The summed E-state index contributed by atoms with van der Waals surface area (Å²) in [5, 5.41) is 9.38. The molecule has 3 heterocycles. The molecule has 2 bridgehead atoms. The van der Waals surface area contributed by atoms with E-state index < -0.39 is 0 Å². The third kappa shape index (κ3) is 5.35. The molecule has 1 aliphatic rings. The largest absolute Gasteiger partial charge is 0.476 e. The van der Waals surface area contributed by atoms with Gasteiger partial charge in [0.2, 0.25) is 11.8 Å². The molecule has 7 nitrogen and oxygen atoms in total. The average molecular weight is 500 g/mol. The highest BCUT2D eigenvalue weighted by atomic mass is 16.5. The lowest BCUT2D eigenvalue weighted by Gasteiger charge is -2.23. The van der Waals surface area contributed by atoms with E-state index in [9.17, 15) is 0 Å². The summed E-state index contributed by atoms with van der Waals surface area (Å²) in [6.07, 6.45) is 10.9. The van der Waals surface area contributed by atoms with E-state index in [0.29, 0.717) is 37.2 Å². The van der Waals surface area contributed by atoms with Crippen LogP contribution in [-0.2, 0) is 20.1 Å². The standard InChI is InChI=1S/C30H37N5O2/c1-9-16-35-27-19-33(7)18-22(6)37-30-28(26(10-2)31-34(30)8)23-14-12-20(4)25(17-23)21(5)13-15-24(27)29(32-35)36-11-3/h2,12-15,17,22H,5,9,11,16,18-19H2,1,3-4,6-8H3/b15-13+. The van der Waals surface area contributed by atoms with Crippen molar-refractivity contribution in [2.45, 2.75) is 53.3 Å². The molecular formula is C30H37N5O2. The summed E-state index contributed by atoms with van der Waals surface area (Å²) < 4.78 is 16.3. The van der Waals surface area contributed by atoms with Gasteiger partial charge < -0.3 is 9.47 Å². The summed E-state index contributed by atoms with van der Waals surface area (Å²) in [4.78, 5) is 2.25. The molecule has 0 saturated carbocycles. The summed E-state index contributed by atoms with van der Waals surface area (Å²) in [5.74, 6) is 4.06. The second-order valence-corrected chi connectivity index (χ2v) is 9.63. The number of allylic oxidation sites excluding steroid dienone is 2. The van der Waals surface area contributed by atoms with E-state index in [0.717, 1.165) is 52.0 Å². The first-order valence-electron chi connectivity index (χ1n) is 12.9. The smallest absolute Gasteiger partial charge is 0.240 e. The van der Waals surface area contributed by atoms with Crippen LogP contribution in [0.1, 0.15) is 55.3 Å². The Balaban J connectivity index is 1.90. The van der Waals surface area contributed by atoms with Gasteiger partial charge in [-0.1, -0.05) is 31.7 Å². The van der Waals surface area contributed by atoms with Crippen molar-refractivity contribution in [3.05, 3.63) is 58.9 Å². The molecule has 2 aromatic heterocycles. The number of hydrogen-bond acceptors (Lipinski definition) is 5. The fraction of sp³-hybridized carbons (Fsp3) is 0.400. The summed E-state index contributed by atoms with van der Waals surface area (Å²) in [6, 6.07) is 6.27. The first-order valence-corrected chi connectivity index (χ1v) is 12.9. The van der Waals surface area contributed by atoms with Crippen molar-refractivity contribution in [3.63, 3.8) is 0 Å². The fourth-order valence-electron chi connectivity index (χ4n) is 4.85. The maximum Gasteiger partial charge on any atom is 0.240 e. The summed E-state index contributed by atoms with van der Waals surface area (Å²) in [7, 11) is 3.96. The zero-order valence-corrected chi connectivity index (χ0v) is 22.8. The Labute approximate surface area is 220 Å². The molecule has 1 aliphatic heterocycles. The molecule has 37 heavy (non-hydrogen) atoms. The van der Waals surface area contributed by atoms with E-state index >= 15 is 0 Å². The maximum atomic E-state index is 6.50. The van der Waals surface area contributed by atoms with Gasteiger partial charge in [0, 0.05) is 26.7 Å². The van der Waals surface area contributed by atoms with Crippen molar-refractivity contribution in [1.29, 1.82) is 0 Å². The number of aryl methyl sites for hydroxylation is 3. The number of fused-ring (bicyclic) bond motifs is 5. The Morgan fingerprint density at radius 3 is 2.70 bits per heavy atom. The van der Waals surface area contributed by atoms with Gasteiger partial charge >= 0.3 is 0 Å². The molecule has 0 N–H and O–H groups in total. The predicted molar refractivity (Wildman–Crippen MR) is 149 cm³/mol. The fourth-order valence-corrected chi connectivity index (χ4v) is 4.85. The summed E-state index contributed by atoms with van der Waals surface area (Å²) in [6.45, 7) is 15.5. The molecule has 7 heteroatoms. The van der Waals surface area contributed by atoms with Crippen LogP contribution in [0.5, 0.6) is 11.8 Å². The number of terminal acetylenes is 1. The quantitative estimate of drug-likeness (QED) is 0.455. The lowest BCUT2D eigenvalue weighted by atomic mass is 9.95. The molecule has 0 fully saturated rings. The van der Waals surface area contributed by atoms with Gasteiger partial charge in [-0.15, -0.1) is 11.5 Å². The van der Waals surface area contributed by atoms with E-state index in [1.807, 2.05) is 14.0 Å². The van der Waals surface area contributed by atoms with Gasteiger partial charge in [-0.25, -0.2) is 4.68 Å². The van der Waals surface area contributed by atoms with Gasteiger partial charge in [0.1, 0.15) is 11.8 Å². The number of benzene rings is 1. The van der Waals surface area contributed by atoms with Gasteiger partial charge in [-0.3, -0.25) is 9.58 Å². The zero-order chi connectivity index (χ0) is 26.7. The molecule has 0 spiro atoms. The molecule has 1 aromatic carbocycles. The predicted octanol–water partition coefficient (Wildman–Crippen LogP) is 5.32. The average Bonchev–Trinajstić information content (AvgIpc) is 3.34. The van der Waals surface area contributed by atoms with Crippen molar-refractivity contribution >= 4 is 11.6 Å². The van der Waals surface area contributed by atoms with Crippen LogP contribution in [0.2, 0.25) is 0 Å². The number of aromatic nitrogens is 4. The normalized spacial score (nSPS) is 17.1. The van der Waals surface area contributed by atoms with Crippen molar-refractivity contribution in [2.75, 3.05) is 20.2 Å². The molecule has 3 aromatic rings. The first kappa shape index (κ1) is 26.3. The summed E-state index contributed by atoms with van der Waals surface area (Å²) in [5.41, 5.74) is 7.49. The number of nitrogens with zero attached hydrogens (tertiary/aromatic N) is 5. The number of likely N-dealkylation sites (N-methyl/N-ethyl adjacent to an activating group) is 1. The van der Waals surface area contributed by atoms with Crippen molar-refractivity contribution in [1.82, 2.24) is 24.5 Å². The second-order valence-electron chi connectivity index (χ2n) is 9.63. The molecule has 0 aliphatic carbocycles. The van der Waals surface area contributed by atoms with Gasteiger partial charge in [0.05, 0.1) is 23.4 Å². The molecule has 1 atom stereocenters. The molecular weight excluding hydrogens is 462 g/mol. The van der Waals surface area contributed by atoms with Crippen molar-refractivity contribution in [3.8, 4) is 35.2 Å². The highest BCUT2D eigenvalue weighted by Gasteiger charge is 2.24. The molecule has 0 radical (unpaired) electrons. The maximum absolute atomic E-state index is 6.50. The molecule has 1 unspecified atom stereocenters. The SMILES string of the molecule is C#Cc1nn(C)c2c1-c1ccc(C)c(c1)C(=C)/C=C/c1c(OCC)nn(CCC)c1CN(C)CC(C)O2. The van der Waals surface area contributed by atoms with Crippen LogP contribution in [0.3, 0.4) is 0 Å². The van der Waals surface area contributed by atoms with Crippen LogP contribution < -0.4 is 9.47 Å². The Kier molecular flexibility index (Phi) is 7.89. The minimum Gasteiger partial charge on any atom is -0.476 e. The summed E-state index contributed by atoms with van der Waals surface area (Å²) >= 11 is 0. The lowest BCUT2D eigenvalue weighted by Crippen LogP contribution is -2.32. The number of hydrogen-bond donors (Lipinski definition) is 0. The van der Waals surface area contributed by atoms with Crippen LogP contribution >= 0.6 is 0 Å². The zero-order valence-electron chi connectivity index (χ0n) is 22.8. The highest BCUT2D eigenvalue weighted by molar-refractivity contribution is 5.84. The minimum atomic E-state index is -0.109. The Morgan fingerprint density at radius 1 is 1.22 bits per heavy atom. The molecule has 0 amide bonds. The Bertz CT molecular complexity index is 1370. The van der Waals surface area contributed by atoms with Gasteiger partial charge in [0.15, 0.2) is 0 Å². The lowest BCUT2D eigenvalue weighted by molar-refractivity contribution is 0.147. The van der Waals surface area contributed by atoms with Crippen LogP contribution in [-0.4, -0.2) is 50.8 Å². The first-order chi connectivity index (χ1) is 17.8. The molecule has 194 valence electrons. The third-order valence-electron chi connectivity index (χ3n) is 6.54. The second kappa shape index (κ2) is 11.1. The van der Waals surface area contributed by atoms with E-state index in [4.69, 9.17) is 21.0 Å². The Morgan fingerprint density at radius 2 is 2.00 bits per heavy atom. The van der Waals surface area contributed by atoms with E-state index in [1.165, 1.54) is 0 Å². The van der Waals surface area contributed by atoms with Gasteiger partial charge in [-0.05, 0) is 74.6 Å². The molecule has 0 saturated heterocycles. The van der Waals surface area contributed by atoms with Crippen LogP contribution in [0, 0.1) is 19.3 Å². The number of rotatable bonds is 4. The van der Waals surface area contributed by atoms with Crippen molar-refractivity contribution in [2.24, 2.45) is 7.05 Å². The van der Waals surface area contributed by atoms with Crippen LogP contribution in [0.25, 0.3) is 22.8 Å². The highest BCUT2D eigenvalue weighted by Crippen LogP contribution is 2.36. The Hall–Kier alpha value is -3.76. The third-order valence-corrected chi connectivity index (χ3v) is 6.54.